The molecule has 2 aromatic carbocycles. The predicted molar refractivity (Wildman–Crippen MR) is 108 cm³/mol. The lowest BCUT2D eigenvalue weighted by Crippen LogP contribution is -2.25. The van der Waals surface area contributed by atoms with Crippen molar-refractivity contribution in [2.24, 2.45) is 0 Å². The molecule has 0 atom stereocenters. The van der Waals surface area contributed by atoms with Gasteiger partial charge in [0.05, 0.1) is 34.5 Å². The van der Waals surface area contributed by atoms with Crippen molar-refractivity contribution in [1.29, 1.82) is 0 Å². The van der Waals surface area contributed by atoms with Crippen molar-refractivity contribution in [3.05, 3.63) is 77.9 Å². The Morgan fingerprint density at radius 1 is 1.23 bits per heavy atom. The van der Waals surface area contributed by atoms with Crippen molar-refractivity contribution in [3.8, 4) is 0 Å². The second-order valence-corrected chi connectivity index (χ2v) is 6.71. The number of nitro benzene ring substituents is 1. The van der Waals surface area contributed by atoms with Gasteiger partial charge in [0.15, 0.2) is 0 Å². The van der Waals surface area contributed by atoms with E-state index in [2.05, 4.69) is 27.6 Å². The van der Waals surface area contributed by atoms with Gasteiger partial charge in [0.2, 0.25) is 0 Å². The third-order valence-electron chi connectivity index (χ3n) is 3.81. The fraction of sp³-hybridized carbons (Fsp3) is 0.111. The minimum Gasteiger partial charge on any atom is -0.395 e. The van der Waals surface area contributed by atoms with E-state index < -0.39 is 4.92 Å². The number of para-hydroxylation sites is 1. The standard InChI is InChI=1S/C18H14IN3O4/c19-13-6-7-15-14(11-13)18(24)21(9-10-23)17(20-15)8-5-12-3-1-2-4-16(12)22(25)26/h1-8,11,23H,9-10H2/b8-5+. The van der Waals surface area contributed by atoms with Crippen LogP contribution in [0.3, 0.4) is 0 Å². The average Bonchev–Trinajstić information content (AvgIpc) is 2.63. The van der Waals surface area contributed by atoms with Crippen molar-refractivity contribution in [2.75, 3.05) is 6.61 Å². The molecule has 0 saturated heterocycles. The number of halogens is 1. The summed E-state index contributed by atoms with van der Waals surface area (Å²) in [5.74, 6) is 0.330. The molecule has 0 radical (unpaired) electrons. The van der Waals surface area contributed by atoms with Gasteiger partial charge in [-0.2, -0.15) is 0 Å². The van der Waals surface area contributed by atoms with E-state index in [0.29, 0.717) is 22.3 Å². The number of aromatic nitrogens is 2. The highest BCUT2D eigenvalue weighted by Gasteiger charge is 2.12. The molecule has 0 spiro atoms. The molecular formula is C18H14IN3O4. The monoisotopic (exact) mass is 463 g/mol. The molecule has 132 valence electrons. The third-order valence-corrected chi connectivity index (χ3v) is 4.49. The second kappa shape index (κ2) is 7.75. The highest BCUT2D eigenvalue weighted by atomic mass is 127. The summed E-state index contributed by atoms with van der Waals surface area (Å²) in [6, 6.07) is 11.7. The first kappa shape index (κ1) is 18.2. The van der Waals surface area contributed by atoms with Gasteiger partial charge in [0.1, 0.15) is 5.82 Å². The number of benzene rings is 2. The third kappa shape index (κ3) is 3.65. The minimum atomic E-state index is -0.462. The number of fused-ring (bicyclic) bond motifs is 1. The summed E-state index contributed by atoms with van der Waals surface area (Å²) in [6.07, 6.45) is 3.10. The van der Waals surface area contributed by atoms with Crippen LogP contribution in [0.25, 0.3) is 23.1 Å². The molecule has 1 N–H and O–H groups in total. The van der Waals surface area contributed by atoms with E-state index in [4.69, 9.17) is 0 Å². The van der Waals surface area contributed by atoms with Crippen LogP contribution in [-0.2, 0) is 6.54 Å². The van der Waals surface area contributed by atoms with E-state index in [9.17, 15) is 20.0 Å². The summed E-state index contributed by atoms with van der Waals surface area (Å²) in [6.45, 7) is -0.132. The van der Waals surface area contributed by atoms with Crippen molar-refractivity contribution < 1.29 is 10.0 Å². The lowest BCUT2D eigenvalue weighted by atomic mass is 10.1. The van der Waals surface area contributed by atoms with Crippen LogP contribution in [0.5, 0.6) is 0 Å². The summed E-state index contributed by atoms with van der Waals surface area (Å²) in [5.41, 5.74) is 0.650. The van der Waals surface area contributed by atoms with Gasteiger partial charge in [-0.05, 0) is 59.0 Å². The number of nitrogens with zero attached hydrogens (tertiary/aromatic N) is 3. The van der Waals surface area contributed by atoms with Gasteiger partial charge in [-0.15, -0.1) is 0 Å². The van der Waals surface area contributed by atoms with E-state index in [-0.39, 0.29) is 24.4 Å². The van der Waals surface area contributed by atoms with Gasteiger partial charge in [0.25, 0.3) is 11.2 Å². The van der Waals surface area contributed by atoms with Crippen molar-refractivity contribution in [3.63, 3.8) is 0 Å². The quantitative estimate of drug-likeness (QED) is 0.356. The van der Waals surface area contributed by atoms with Crippen LogP contribution in [0.4, 0.5) is 5.69 Å². The van der Waals surface area contributed by atoms with Gasteiger partial charge < -0.3 is 5.11 Å². The maximum Gasteiger partial charge on any atom is 0.276 e. The molecule has 0 bridgehead atoms. The Kier molecular flexibility index (Phi) is 5.43. The summed E-state index contributed by atoms with van der Waals surface area (Å²) >= 11 is 2.12. The maximum atomic E-state index is 12.7. The zero-order valence-electron chi connectivity index (χ0n) is 13.5. The van der Waals surface area contributed by atoms with Crippen molar-refractivity contribution in [1.82, 2.24) is 9.55 Å². The lowest BCUT2D eigenvalue weighted by Gasteiger charge is -2.10. The van der Waals surface area contributed by atoms with E-state index in [0.717, 1.165) is 3.57 Å². The van der Waals surface area contributed by atoms with Gasteiger partial charge in [-0.25, -0.2) is 4.98 Å². The summed E-state index contributed by atoms with van der Waals surface area (Å²) in [7, 11) is 0. The van der Waals surface area contributed by atoms with Gasteiger partial charge >= 0.3 is 0 Å². The molecule has 1 heterocycles. The molecule has 7 nitrogen and oxygen atoms in total. The molecule has 0 aliphatic heterocycles. The van der Waals surface area contributed by atoms with Crippen LogP contribution in [-0.4, -0.2) is 26.2 Å². The largest absolute Gasteiger partial charge is 0.395 e. The van der Waals surface area contributed by atoms with Crippen LogP contribution in [0.2, 0.25) is 0 Å². The van der Waals surface area contributed by atoms with E-state index in [1.165, 1.54) is 10.6 Å². The molecule has 0 aliphatic carbocycles. The minimum absolute atomic E-state index is 0.0323. The molecule has 0 fully saturated rings. The number of hydrogen-bond acceptors (Lipinski definition) is 5. The van der Waals surface area contributed by atoms with E-state index in [1.807, 2.05) is 6.07 Å². The molecule has 3 aromatic rings. The molecule has 8 heteroatoms. The highest BCUT2D eigenvalue weighted by molar-refractivity contribution is 14.1. The molecule has 3 rings (SSSR count). The molecule has 0 saturated carbocycles. The fourth-order valence-corrected chi connectivity index (χ4v) is 3.10. The van der Waals surface area contributed by atoms with Crippen LogP contribution in [0.1, 0.15) is 11.4 Å². The molecule has 0 amide bonds. The highest BCUT2D eigenvalue weighted by Crippen LogP contribution is 2.20. The molecular weight excluding hydrogens is 449 g/mol. The van der Waals surface area contributed by atoms with Crippen molar-refractivity contribution >= 4 is 51.3 Å². The first-order chi connectivity index (χ1) is 12.5. The maximum absolute atomic E-state index is 12.7. The van der Waals surface area contributed by atoms with Gasteiger partial charge in [-0.1, -0.05) is 12.1 Å². The Bertz CT molecular complexity index is 1080. The Balaban J connectivity index is 2.16. The number of aliphatic hydroxyl groups excluding tert-OH is 1. The number of hydrogen-bond donors (Lipinski definition) is 1. The lowest BCUT2D eigenvalue weighted by molar-refractivity contribution is -0.385. The predicted octanol–water partition coefficient (Wildman–Crippen LogP) is 3.07. The van der Waals surface area contributed by atoms with Gasteiger partial charge in [-0.3, -0.25) is 19.5 Å². The summed E-state index contributed by atoms with van der Waals surface area (Å²) < 4.78 is 2.27. The normalized spacial score (nSPS) is 11.3. The number of nitro groups is 1. The molecule has 0 unspecified atom stereocenters. The van der Waals surface area contributed by atoms with Gasteiger partial charge in [0, 0.05) is 9.64 Å². The smallest absolute Gasteiger partial charge is 0.276 e. The van der Waals surface area contributed by atoms with E-state index in [1.54, 1.807) is 42.5 Å². The van der Waals surface area contributed by atoms with E-state index >= 15 is 0 Å². The zero-order chi connectivity index (χ0) is 18.7. The van der Waals surface area contributed by atoms with Crippen LogP contribution >= 0.6 is 22.6 Å². The van der Waals surface area contributed by atoms with Crippen LogP contribution in [0.15, 0.2) is 47.3 Å². The second-order valence-electron chi connectivity index (χ2n) is 5.46. The number of rotatable bonds is 5. The summed E-state index contributed by atoms with van der Waals surface area (Å²) in [5, 5.41) is 20.9. The van der Waals surface area contributed by atoms with Crippen molar-refractivity contribution in [2.45, 2.75) is 6.54 Å². The Labute approximate surface area is 161 Å². The molecule has 0 aliphatic rings. The first-order valence-electron chi connectivity index (χ1n) is 7.73. The Morgan fingerprint density at radius 3 is 2.73 bits per heavy atom. The fourth-order valence-electron chi connectivity index (χ4n) is 2.61. The topological polar surface area (TPSA) is 98.3 Å². The molecule has 26 heavy (non-hydrogen) atoms. The summed E-state index contributed by atoms with van der Waals surface area (Å²) in [4.78, 5) is 27.9. The van der Waals surface area contributed by atoms with Crippen LogP contribution < -0.4 is 5.56 Å². The zero-order valence-corrected chi connectivity index (χ0v) is 15.7. The van der Waals surface area contributed by atoms with Crippen LogP contribution in [0, 0.1) is 13.7 Å². The SMILES string of the molecule is O=c1c2cc(I)ccc2nc(/C=C/c2ccccc2[N+](=O)[O-])n1CCO. The first-order valence-corrected chi connectivity index (χ1v) is 8.81. The Hall–Kier alpha value is -2.59. The molecule has 1 aromatic heterocycles. The average molecular weight is 463 g/mol. The Morgan fingerprint density at radius 2 is 2.00 bits per heavy atom. The number of aliphatic hydroxyl groups is 1.